The molecule has 25 heavy (non-hydrogen) atoms. The molecule has 1 atom stereocenters. The van der Waals surface area contributed by atoms with Crippen LogP contribution in [0.1, 0.15) is 18.2 Å². The van der Waals surface area contributed by atoms with Crippen molar-refractivity contribution < 1.29 is 4.74 Å². The topological polar surface area (TPSA) is 83.1 Å². The van der Waals surface area contributed by atoms with Crippen molar-refractivity contribution in [3.05, 3.63) is 39.9 Å². The highest BCUT2D eigenvalue weighted by molar-refractivity contribution is 5.56. The van der Waals surface area contributed by atoms with Crippen LogP contribution >= 0.6 is 0 Å². The second-order valence-corrected chi connectivity index (χ2v) is 6.44. The highest BCUT2D eigenvalue weighted by Gasteiger charge is 2.16. The lowest BCUT2D eigenvalue weighted by molar-refractivity contribution is 0.0227. The van der Waals surface area contributed by atoms with Crippen LogP contribution in [0.3, 0.4) is 0 Å². The monoisotopic (exact) mass is 343 g/mol. The Kier molecular flexibility index (Phi) is 5.45. The number of aryl methyl sites for hydroxylation is 1. The number of hydrogen-bond donors (Lipinski definition) is 2. The molecule has 0 aliphatic carbocycles. The van der Waals surface area contributed by atoms with Gasteiger partial charge in [0.1, 0.15) is 11.6 Å². The Labute approximate surface area is 147 Å². The van der Waals surface area contributed by atoms with Gasteiger partial charge in [0, 0.05) is 48.7 Å². The first-order valence-corrected chi connectivity index (χ1v) is 8.64. The van der Waals surface area contributed by atoms with Crippen LogP contribution in [-0.4, -0.2) is 58.7 Å². The van der Waals surface area contributed by atoms with Crippen LogP contribution < -0.4 is 10.9 Å². The first-order chi connectivity index (χ1) is 12.0. The second kappa shape index (κ2) is 7.76. The molecule has 1 aliphatic heterocycles. The van der Waals surface area contributed by atoms with E-state index < -0.39 is 0 Å². The summed E-state index contributed by atoms with van der Waals surface area (Å²) in [5, 5.41) is 3.37. The van der Waals surface area contributed by atoms with Crippen molar-refractivity contribution >= 4 is 5.82 Å². The quantitative estimate of drug-likeness (QED) is 0.858. The lowest BCUT2D eigenvalue weighted by atomic mass is 10.2. The van der Waals surface area contributed by atoms with Gasteiger partial charge in [-0.15, -0.1) is 0 Å². The van der Waals surface area contributed by atoms with E-state index in [1.165, 1.54) is 0 Å². The van der Waals surface area contributed by atoms with Crippen molar-refractivity contribution in [1.82, 2.24) is 19.9 Å². The van der Waals surface area contributed by atoms with Crippen molar-refractivity contribution in [3.8, 4) is 11.4 Å². The van der Waals surface area contributed by atoms with Gasteiger partial charge < -0.3 is 15.0 Å². The van der Waals surface area contributed by atoms with E-state index in [0.717, 1.165) is 49.9 Å². The van der Waals surface area contributed by atoms with E-state index >= 15 is 0 Å². The second-order valence-electron chi connectivity index (χ2n) is 6.44. The highest BCUT2D eigenvalue weighted by atomic mass is 16.5. The minimum Gasteiger partial charge on any atom is -0.379 e. The zero-order chi connectivity index (χ0) is 17.8. The van der Waals surface area contributed by atoms with E-state index in [9.17, 15) is 4.79 Å². The molecule has 1 unspecified atom stereocenters. The molecule has 0 radical (unpaired) electrons. The summed E-state index contributed by atoms with van der Waals surface area (Å²) in [5.74, 6) is 1.36. The fourth-order valence-corrected chi connectivity index (χ4v) is 2.82. The molecule has 3 rings (SSSR count). The number of pyridine rings is 1. The molecule has 7 nitrogen and oxygen atoms in total. The van der Waals surface area contributed by atoms with Crippen molar-refractivity contribution in [1.29, 1.82) is 0 Å². The molecule has 3 heterocycles. The largest absolute Gasteiger partial charge is 0.379 e. The summed E-state index contributed by atoms with van der Waals surface area (Å²) < 4.78 is 5.39. The third-order valence-corrected chi connectivity index (χ3v) is 4.68. The standard InChI is InChI=1S/C18H25N5O2/c1-12(23-6-8-25-9-7-23)10-19-16-5-4-15(11-20-16)17-21-14(3)13(2)18(24)22-17/h4-5,11-12H,6-10H2,1-3H3,(H,19,20)(H,21,22,24). The molecule has 0 bridgehead atoms. The molecule has 2 aromatic heterocycles. The molecule has 1 saturated heterocycles. The summed E-state index contributed by atoms with van der Waals surface area (Å²) in [7, 11) is 0. The van der Waals surface area contributed by atoms with Crippen LogP contribution in [0.5, 0.6) is 0 Å². The Morgan fingerprint density at radius 1 is 1.32 bits per heavy atom. The van der Waals surface area contributed by atoms with Gasteiger partial charge in [0.25, 0.3) is 5.56 Å². The Hall–Kier alpha value is -2.25. The molecule has 0 amide bonds. The van der Waals surface area contributed by atoms with Crippen molar-refractivity contribution in [2.45, 2.75) is 26.8 Å². The van der Waals surface area contributed by atoms with Crippen LogP contribution in [0, 0.1) is 13.8 Å². The number of H-pyrrole nitrogens is 1. The van der Waals surface area contributed by atoms with Gasteiger partial charge in [0.05, 0.1) is 13.2 Å². The predicted octanol–water partition coefficient (Wildman–Crippen LogP) is 1.58. The molecule has 1 aliphatic rings. The molecule has 1 fully saturated rings. The first kappa shape index (κ1) is 17.6. The van der Waals surface area contributed by atoms with E-state index in [2.05, 4.69) is 32.1 Å². The molecular weight excluding hydrogens is 318 g/mol. The van der Waals surface area contributed by atoms with Gasteiger partial charge in [-0.2, -0.15) is 0 Å². The predicted molar refractivity (Wildman–Crippen MR) is 97.9 cm³/mol. The summed E-state index contributed by atoms with van der Waals surface area (Å²) in [6.45, 7) is 10.2. The van der Waals surface area contributed by atoms with Gasteiger partial charge in [-0.1, -0.05) is 0 Å². The highest BCUT2D eigenvalue weighted by Crippen LogP contribution is 2.15. The lowest BCUT2D eigenvalue weighted by Gasteiger charge is -2.32. The van der Waals surface area contributed by atoms with Crippen LogP contribution in [-0.2, 0) is 4.74 Å². The molecule has 2 aromatic rings. The third-order valence-electron chi connectivity index (χ3n) is 4.68. The van der Waals surface area contributed by atoms with E-state index in [0.29, 0.717) is 17.4 Å². The number of aromatic nitrogens is 3. The zero-order valence-electron chi connectivity index (χ0n) is 15.0. The smallest absolute Gasteiger partial charge is 0.254 e. The Balaban J connectivity index is 1.63. The van der Waals surface area contributed by atoms with Gasteiger partial charge in [-0.25, -0.2) is 9.97 Å². The lowest BCUT2D eigenvalue weighted by Crippen LogP contribution is -2.45. The minimum atomic E-state index is -0.107. The number of ether oxygens (including phenoxy) is 1. The van der Waals surface area contributed by atoms with Gasteiger partial charge in [-0.3, -0.25) is 9.69 Å². The molecule has 0 aromatic carbocycles. The number of morpholine rings is 1. The SMILES string of the molecule is Cc1nc(-c2ccc(NCC(C)N3CCOCC3)nc2)[nH]c(=O)c1C. The van der Waals surface area contributed by atoms with Crippen molar-refractivity contribution in [3.63, 3.8) is 0 Å². The zero-order valence-corrected chi connectivity index (χ0v) is 15.0. The summed E-state index contributed by atoms with van der Waals surface area (Å²) in [6.07, 6.45) is 1.73. The van der Waals surface area contributed by atoms with Gasteiger partial charge in [0.2, 0.25) is 0 Å². The maximum absolute atomic E-state index is 11.9. The summed E-state index contributed by atoms with van der Waals surface area (Å²) in [6, 6.07) is 4.25. The average Bonchev–Trinajstić information content (AvgIpc) is 2.65. The van der Waals surface area contributed by atoms with Crippen LogP contribution in [0.2, 0.25) is 0 Å². The Bertz CT molecular complexity index is 766. The molecule has 0 saturated carbocycles. The third kappa shape index (κ3) is 4.24. The molecule has 7 heteroatoms. The van der Waals surface area contributed by atoms with Crippen molar-refractivity contribution in [2.75, 3.05) is 38.2 Å². The van der Waals surface area contributed by atoms with E-state index in [4.69, 9.17) is 4.74 Å². The molecule has 2 N–H and O–H groups in total. The number of hydrogen-bond acceptors (Lipinski definition) is 6. The summed E-state index contributed by atoms with van der Waals surface area (Å²) >= 11 is 0. The Morgan fingerprint density at radius 2 is 2.08 bits per heavy atom. The van der Waals surface area contributed by atoms with Crippen LogP contribution in [0.15, 0.2) is 23.1 Å². The van der Waals surface area contributed by atoms with Crippen LogP contribution in [0.25, 0.3) is 11.4 Å². The normalized spacial score (nSPS) is 16.6. The number of nitrogens with zero attached hydrogens (tertiary/aromatic N) is 3. The summed E-state index contributed by atoms with van der Waals surface area (Å²) in [5.41, 5.74) is 2.07. The summed E-state index contributed by atoms with van der Waals surface area (Å²) in [4.78, 5) is 26.0. The van der Waals surface area contributed by atoms with E-state index in [-0.39, 0.29) is 5.56 Å². The molecule has 0 spiro atoms. The molecule has 134 valence electrons. The number of nitrogens with one attached hydrogen (secondary N) is 2. The minimum absolute atomic E-state index is 0.107. The fraction of sp³-hybridized carbons (Fsp3) is 0.500. The number of aromatic amines is 1. The number of rotatable bonds is 5. The van der Waals surface area contributed by atoms with E-state index in [1.807, 2.05) is 19.1 Å². The van der Waals surface area contributed by atoms with Crippen LogP contribution in [0.4, 0.5) is 5.82 Å². The maximum atomic E-state index is 11.9. The first-order valence-electron chi connectivity index (χ1n) is 8.64. The fourth-order valence-electron chi connectivity index (χ4n) is 2.82. The van der Waals surface area contributed by atoms with Crippen molar-refractivity contribution in [2.24, 2.45) is 0 Å². The maximum Gasteiger partial charge on any atom is 0.254 e. The Morgan fingerprint density at radius 3 is 2.72 bits per heavy atom. The van der Waals surface area contributed by atoms with Gasteiger partial charge >= 0.3 is 0 Å². The van der Waals surface area contributed by atoms with Gasteiger partial charge in [0.15, 0.2) is 0 Å². The molecular formula is C18H25N5O2. The van der Waals surface area contributed by atoms with Gasteiger partial charge in [-0.05, 0) is 32.9 Å². The number of anilines is 1. The van der Waals surface area contributed by atoms with E-state index in [1.54, 1.807) is 13.1 Å². The average molecular weight is 343 g/mol.